The van der Waals surface area contributed by atoms with Gasteiger partial charge in [-0.05, 0) is 25.8 Å². The molecule has 3 nitrogen and oxygen atoms in total. The van der Waals surface area contributed by atoms with Gasteiger partial charge in [0.05, 0.1) is 10.8 Å². The lowest BCUT2D eigenvalue weighted by Gasteiger charge is -2.23. The molecule has 1 aromatic heterocycles. The third kappa shape index (κ3) is 3.47. The van der Waals surface area contributed by atoms with Crippen LogP contribution in [0.5, 0.6) is 0 Å². The number of sulfonamides is 1. The second kappa shape index (κ2) is 5.47. The van der Waals surface area contributed by atoms with Crippen molar-refractivity contribution in [2.75, 3.05) is 6.54 Å². The van der Waals surface area contributed by atoms with E-state index in [9.17, 15) is 21.6 Å². The van der Waals surface area contributed by atoms with Crippen molar-refractivity contribution >= 4 is 33.0 Å². The molecule has 1 saturated carbocycles. The molecule has 1 fully saturated rings. The summed E-state index contributed by atoms with van der Waals surface area (Å²) in [6, 6.07) is 0.828. The summed E-state index contributed by atoms with van der Waals surface area (Å²) in [5.74, 6) is 0.143. The minimum Gasteiger partial charge on any atom is -0.207 e. The maximum absolute atomic E-state index is 12.6. The maximum atomic E-state index is 12.6. The Morgan fingerprint density at radius 3 is 2.45 bits per heavy atom. The van der Waals surface area contributed by atoms with Crippen molar-refractivity contribution in [2.45, 2.75) is 42.8 Å². The number of hydrogen-bond acceptors (Lipinski definition) is 3. The molecule has 0 saturated heterocycles. The van der Waals surface area contributed by atoms with E-state index in [0.29, 0.717) is 26.9 Å². The first-order valence-corrected chi connectivity index (χ1v) is 8.68. The Morgan fingerprint density at radius 1 is 1.45 bits per heavy atom. The van der Waals surface area contributed by atoms with E-state index in [-0.39, 0.29) is 10.8 Å². The smallest absolute Gasteiger partial charge is 0.207 e. The quantitative estimate of drug-likeness (QED) is 0.764. The monoisotopic (exact) mass is 347 g/mol. The van der Waals surface area contributed by atoms with E-state index in [0.717, 1.165) is 0 Å². The third-order valence-electron chi connectivity index (χ3n) is 2.93. The fourth-order valence-electron chi connectivity index (χ4n) is 1.92. The van der Waals surface area contributed by atoms with Gasteiger partial charge < -0.3 is 0 Å². The molecule has 0 spiro atoms. The van der Waals surface area contributed by atoms with Crippen LogP contribution in [0.25, 0.3) is 0 Å². The maximum Gasteiger partial charge on any atom is 0.402 e. The van der Waals surface area contributed by atoms with Crippen molar-refractivity contribution in [1.29, 1.82) is 0 Å². The van der Waals surface area contributed by atoms with Crippen LogP contribution in [0, 0.1) is 6.92 Å². The van der Waals surface area contributed by atoms with Crippen LogP contribution in [-0.4, -0.2) is 31.5 Å². The van der Waals surface area contributed by atoms with E-state index >= 15 is 0 Å². The number of thiophene rings is 1. The van der Waals surface area contributed by atoms with Gasteiger partial charge in [-0.3, -0.25) is 0 Å². The van der Waals surface area contributed by atoms with Gasteiger partial charge in [0.2, 0.25) is 10.0 Å². The first-order chi connectivity index (χ1) is 9.15. The van der Waals surface area contributed by atoms with E-state index in [2.05, 4.69) is 0 Å². The Morgan fingerprint density at radius 2 is 2.05 bits per heavy atom. The standard InChI is InChI=1S/C11H13ClF3NO2S2/c1-7-10(4-9(5-12)19-7)20(17,18)16(8-2-3-8)6-11(13,14)15/h4,8H,2-3,5-6H2,1H3. The molecule has 20 heavy (non-hydrogen) atoms. The fourth-order valence-corrected chi connectivity index (χ4v) is 5.29. The summed E-state index contributed by atoms with van der Waals surface area (Å²) < 4.78 is 63.2. The molecule has 0 aromatic carbocycles. The van der Waals surface area contributed by atoms with Crippen LogP contribution < -0.4 is 0 Å². The number of nitrogens with zero attached hydrogens (tertiary/aromatic N) is 1. The molecule has 0 radical (unpaired) electrons. The van der Waals surface area contributed by atoms with Gasteiger partial charge in [-0.1, -0.05) is 0 Å². The Labute approximate surface area is 124 Å². The molecule has 1 aliphatic rings. The highest BCUT2D eigenvalue weighted by Gasteiger charge is 2.45. The lowest BCUT2D eigenvalue weighted by Crippen LogP contribution is -2.40. The SMILES string of the molecule is Cc1sc(CCl)cc1S(=O)(=O)N(CC(F)(F)F)C1CC1. The number of halogens is 4. The lowest BCUT2D eigenvalue weighted by atomic mass is 10.4. The minimum absolute atomic E-state index is 0.0608. The molecule has 114 valence electrons. The fraction of sp³-hybridized carbons (Fsp3) is 0.636. The summed E-state index contributed by atoms with van der Waals surface area (Å²) in [6.07, 6.45) is -3.60. The predicted octanol–water partition coefficient (Wildman–Crippen LogP) is 3.51. The molecule has 1 heterocycles. The van der Waals surface area contributed by atoms with Crippen molar-refractivity contribution in [1.82, 2.24) is 4.31 Å². The average molecular weight is 348 g/mol. The van der Waals surface area contributed by atoms with Gasteiger partial charge >= 0.3 is 6.18 Å². The summed E-state index contributed by atoms with van der Waals surface area (Å²) in [5.41, 5.74) is 0. The highest BCUT2D eigenvalue weighted by atomic mass is 35.5. The van der Waals surface area contributed by atoms with E-state index in [1.807, 2.05) is 0 Å². The van der Waals surface area contributed by atoms with Crippen molar-refractivity contribution in [2.24, 2.45) is 0 Å². The number of rotatable bonds is 5. The first-order valence-electron chi connectivity index (χ1n) is 5.89. The van der Waals surface area contributed by atoms with Crippen molar-refractivity contribution in [3.05, 3.63) is 15.8 Å². The molecular weight excluding hydrogens is 335 g/mol. The second-order valence-corrected chi connectivity index (χ2v) is 8.13. The largest absolute Gasteiger partial charge is 0.402 e. The highest BCUT2D eigenvalue weighted by Crippen LogP contribution is 2.37. The summed E-state index contributed by atoms with van der Waals surface area (Å²) in [5, 5.41) is 0. The Kier molecular flexibility index (Phi) is 4.40. The molecule has 0 aliphatic heterocycles. The highest BCUT2D eigenvalue weighted by molar-refractivity contribution is 7.89. The second-order valence-electron chi connectivity index (χ2n) is 4.66. The molecular formula is C11H13ClF3NO2S2. The van der Waals surface area contributed by atoms with E-state index in [4.69, 9.17) is 11.6 Å². The van der Waals surface area contributed by atoms with Crippen molar-refractivity contribution in [3.63, 3.8) is 0 Å². The zero-order chi connectivity index (χ0) is 15.1. The lowest BCUT2D eigenvalue weighted by molar-refractivity contribution is -0.137. The summed E-state index contributed by atoms with van der Waals surface area (Å²) in [4.78, 5) is 1.04. The summed E-state index contributed by atoms with van der Waals surface area (Å²) in [6.45, 7) is 0.137. The number of aryl methyl sites for hydroxylation is 1. The van der Waals surface area contributed by atoms with Crippen LogP contribution in [0.15, 0.2) is 11.0 Å². The third-order valence-corrected chi connectivity index (χ3v) is 6.58. The van der Waals surface area contributed by atoms with Crippen molar-refractivity contribution < 1.29 is 21.6 Å². The molecule has 0 unspecified atom stereocenters. The van der Waals surface area contributed by atoms with Gasteiger partial charge in [0.15, 0.2) is 0 Å². The molecule has 0 atom stereocenters. The molecule has 1 aromatic rings. The molecule has 0 amide bonds. The number of hydrogen-bond donors (Lipinski definition) is 0. The predicted molar refractivity (Wildman–Crippen MR) is 71.6 cm³/mol. The van der Waals surface area contributed by atoms with Crippen LogP contribution in [0.1, 0.15) is 22.6 Å². The molecule has 1 aliphatic carbocycles. The van der Waals surface area contributed by atoms with Crippen LogP contribution in [-0.2, 0) is 15.9 Å². The van der Waals surface area contributed by atoms with Crippen LogP contribution in [0.2, 0.25) is 0 Å². The van der Waals surface area contributed by atoms with Crippen molar-refractivity contribution in [3.8, 4) is 0 Å². The minimum atomic E-state index is -4.55. The Hall–Kier alpha value is -0.310. The van der Waals surface area contributed by atoms with Gasteiger partial charge in [-0.25, -0.2) is 8.42 Å². The van der Waals surface area contributed by atoms with Crippen LogP contribution in [0.4, 0.5) is 13.2 Å². The summed E-state index contributed by atoms with van der Waals surface area (Å²) >= 11 is 6.83. The van der Waals surface area contributed by atoms with E-state index < -0.39 is 28.8 Å². The zero-order valence-corrected chi connectivity index (χ0v) is 13.0. The summed E-state index contributed by atoms with van der Waals surface area (Å²) in [7, 11) is -4.13. The Bertz CT molecular complexity index is 593. The average Bonchev–Trinajstić information content (AvgIpc) is 3.07. The van der Waals surface area contributed by atoms with Crippen LogP contribution in [0.3, 0.4) is 0 Å². The first kappa shape index (κ1) is 16.1. The normalized spacial score (nSPS) is 16.9. The van der Waals surface area contributed by atoms with E-state index in [1.54, 1.807) is 6.92 Å². The number of alkyl halides is 4. The molecule has 0 bridgehead atoms. The van der Waals surface area contributed by atoms with Gasteiger partial charge in [0.25, 0.3) is 0 Å². The topological polar surface area (TPSA) is 37.4 Å². The molecule has 2 rings (SSSR count). The van der Waals surface area contributed by atoms with Crippen LogP contribution >= 0.6 is 22.9 Å². The molecule has 0 N–H and O–H groups in total. The zero-order valence-electron chi connectivity index (χ0n) is 10.6. The molecule has 9 heteroatoms. The van der Waals surface area contributed by atoms with Gasteiger partial charge in [0, 0.05) is 15.8 Å². The van der Waals surface area contributed by atoms with Gasteiger partial charge in [-0.2, -0.15) is 17.5 Å². The van der Waals surface area contributed by atoms with Gasteiger partial charge in [-0.15, -0.1) is 22.9 Å². The van der Waals surface area contributed by atoms with E-state index in [1.165, 1.54) is 17.4 Å². The van der Waals surface area contributed by atoms with Gasteiger partial charge in [0.1, 0.15) is 6.54 Å². The Balaban J connectivity index is 2.37.